The summed E-state index contributed by atoms with van der Waals surface area (Å²) in [6.45, 7) is 5.93. The van der Waals surface area contributed by atoms with Crippen LogP contribution in [0.1, 0.15) is 44.7 Å². The molecule has 2 aromatic rings. The first kappa shape index (κ1) is 23.2. The van der Waals surface area contributed by atoms with Gasteiger partial charge in [0.2, 0.25) is 5.91 Å². The van der Waals surface area contributed by atoms with Crippen LogP contribution in [-0.4, -0.2) is 25.1 Å². The second-order valence-corrected chi connectivity index (χ2v) is 6.89. The first-order chi connectivity index (χ1) is 14.4. The van der Waals surface area contributed by atoms with Gasteiger partial charge < -0.3 is 19.5 Å². The van der Waals surface area contributed by atoms with Gasteiger partial charge >= 0.3 is 5.97 Å². The first-order valence-corrected chi connectivity index (χ1v) is 9.98. The largest absolute Gasteiger partial charge is 0.493 e. The molecule has 6 heteroatoms. The molecule has 2 rings (SSSR count). The van der Waals surface area contributed by atoms with E-state index >= 15 is 0 Å². The summed E-state index contributed by atoms with van der Waals surface area (Å²) in [6.07, 6.45) is 5.30. The summed E-state index contributed by atoms with van der Waals surface area (Å²) >= 11 is 0. The summed E-state index contributed by atoms with van der Waals surface area (Å²) in [6, 6.07) is 12.7. The Hall–Kier alpha value is -3.12. The lowest BCUT2D eigenvalue weighted by Crippen LogP contribution is -2.12. The molecule has 0 aliphatic rings. The second kappa shape index (κ2) is 11.8. The maximum atomic E-state index is 12.4. The summed E-state index contributed by atoms with van der Waals surface area (Å²) < 4.78 is 16.2. The molecule has 30 heavy (non-hydrogen) atoms. The van der Waals surface area contributed by atoms with Crippen molar-refractivity contribution in [2.45, 2.75) is 46.3 Å². The molecule has 1 amide bonds. The van der Waals surface area contributed by atoms with Gasteiger partial charge in [0.1, 0.15) is 0 Å². The van der Waals surface area contributed by atoms with Crippen molar-refractivity contribution in [2.24, 2.45) is 0 Å². The highest BCUT2D eigenvalue weighted by atomic mass is 16.6. The predicted molar refractivity (Wildman–Crippen MR) is 118 cm³/mol. The molecule has 0 fully saturated rings. The van der Waals surface area contributed by atoms with Gasteiger partial charge in [-0.2, -0.15) is 0 Å². The average Bonchev–Trinajstić information content (AvgIpc) is 2.71. The molecule has 6 nitrogen and oxygen atoms in total. The van der Waals surface area contributed by atoms with Gasteiger partial charge in [-0.05, 0) is 43.2 Å². The topological polar surface area (TPSA) is 73.9 Å². The number of carbonyl (C=O) groups excluding carboxylic acids is 2. The fraction of sp³-hybridized carbons (Fsp3) is 0.333. The van der Waals surface area contributed by atoms with Crippen LogP contribution in [0.5, 0.6) is 11.5 Å². The summed E-state index contributed by atoms with van der Waals surface area (Å²) in [5, 5.41) is 2.89. The van der Waals surface area contributed by atoms with Crippen LogP contribution in [0.3, 0.4) is 0 Å². The average molecular weight is 411 g/mol. The van der Waals surface area contributed by atoms with Crippen LogP contribution in [0.4, 0.5) is 5.69 Å². The van der Waals surface area contributed by atoms with Crippen LogP contribution >= 0.6 is 0 Å². The van der Waals surface area contributed by atoms with Crippen LogP contribution in [0.2, 0.25) is 0 Å². The van der Waals surface area contributed by atoms with E-state index in [1.165, 1.54) is 20.1 Å². The monoisotopic (exact) mass is 411 g/mol. The lowest BCUT2D eigenvalue weighted by atomic mass is 10.1. The van der Waals surface area contributed by atoms with E-state index in [4.69, 9.17) is 14.2 Å². The maximum absolute atomic E-state index is 12.4. The molecule has 0 radical (unpaired) electrons. The highest BCUT2D eigenvalue weighted by Crippen LogP contribution is 2.28. The third kappa shape index (κ3) is 7.37. The number of benzene rings is 2. The van der Waals surface area contributed by atoms with Gasteiger partial charge in [-0.15, -0.1) is 0 Å². The molecule has 1 unspecified atom stereocenters. The SMILES string of the molecule is CCCC(C)OCc1ccccc1NC(=O)C=Cc1ccc(OC)c(OC(C)=O)c1. The third-order valence-electron chi connectivity index (χ3n) is 4.36. The van der Waals surface area contributed by atoms with Crippen molar-refractivity contribution in [1.82, 2.24) is 0 Å². The molecule has 0 saturated carbocycles. The molecular weight excluding hydrogens is 382 g/mol. The number of hydrogen-bond donors (Lipinski definition) is 1. The van der Waals surface area contributed by atoms with Crippen LogP contribution in [0.25, 0.3) is 6.08 Å². The standard InChI is InChI=1S/C24H29NO5/c1-5-8-17(2)29-16-20-9-6-7-10-21(20)25-24(27)14-12-19-11-13-22(28-4)23(15-19)30-18(3)26/h6-7,9-15,17H,5,8,16H2,1-4H3,(H,25,27). The van der Waals surface area contributed by atoms with E-state index in [1.807, 2.05) is 31.2 Å². The van der Waals surface area contributed by atoms with Crippen molar-refractivity contribution in [1.29, 1.82) is 0 Å². The van der Waals surface area contributed by atoms with Gasteiger partial charge in [0.05, 0.1) is 19.8 Å². The fourth-order valence-electron chi connectivity index (χ4n) is 2.87. The zero-order chi connectivity index (χ0) is 21.9. The Balaban J connectivity index is 2.05. The lowest BCUT2D eigenvalue weighted by Gasteiger charge is -2.14. The zero-order valence-corrected chi connectivity index (χ0v) is 17.9. The van der Waals surface area contributed by atoms with E-state index in [9.17, 15) is 9.59 Å². The van der Waals surface area contributed by atoms with Crippen molar-refractivity contribution in [3.05, 3.63) is 59.7 Å². The minimum Gasteiger partial charge on any atom is -0.493 e. The van der Waals surface area contributed by atoms with E-state index in [2.05, 4.69) is 12.2 Å². The summed E-state index contributed by atoms with van der Waals surface area (Å²) in [4.78, 5) is 23.7. The summed E-state index contributed by atoms with van der Waals surface area (Å²) in [7, 11) is 1.50. The van der Waals surface area contributed by atoms with Gasteiger partial charge in [0.15, 0.2) is 11.5 Å². The van der Waals surface area contributed by atoms with Crippen LogP contribution in [0, 0.1) is 0 Å². The Kier molecular flexibility index (Phi) is 9.09. The molecule has 0 aliphatic heterocycles. The molecule has 0 aliphatic carbocycles. The van der Waals surface area contributed by atoms with Gasteiger partial charge in [-0.25, -0.2) is 0 Å². The minimum atomic E-state index is -0.445. The van der Waals surface area contributed by atoms with Crippen molar-refractivity contribution >= 4 is 23.6 Å². The Bertz CT molecular complexity index is 891. The van der Waals surface area contributed by atoms with Crippen LogP contribution in [0.15, 0.2) is 48.5 Å². The molecule has 2 aromatic carbocycles. The third-order valence-corrected chi connectivity index (χ3v) is 4.36. The number of rotatable bonds is 10. The normalized spacial score (nSPS) is 11.9. The smallest absolute Gasteiger partial charge is 0.308 e. The predicted octanol–water partition coefficient (Wildman–Crippen LogP) is 4.98. The molecule has 0 saturated heterocycles. The van der Waals surface area contributed by atoms with Crippen LogP contribution in [-0.2, 0) is 20.9 Å². The number of amides is 1. The molecule has 0 bridgehead atoms. The van der Waals surface area contributed by atoms with E-state index in [0.29, 0.717) is 29.4 Å². The minimum absolute atomic E-state index is 0.167. The fourth-order valence-corrected chi connectivity index (χ4v) is 2.87. The molecule has 0 aromatic heterocycles. The van der Waals surface area contributed by atoms with Crippen molar-refractivity contribution in [3.8, 4) is 11.5 Å². The van der Waals surface area contributed by atoms with Crippen molar-refractivity contribution in [2.75, 3.05) is 12.4 Å². The Morgan fingerprint density at radius 2 is 1.90 bits per heavy atom. The number of nitrogens with one attached hydrogen (secondary N) is 1. The number of esters is 1. The quantitative estimate of drug-likeness (QED) is 0.339. The molecule has 160 valence electrons. The van der Waals surface area contributed by atoms with E-state index < -0.39 is 5.97 Å². The van der Waals surface area contributed by atoms with Gasteiger partial charge in [0.25, 0.3) is 0 Å². The Morgan fingerprint density at radius 1 is 1.13 bits per heavy atom. The Morgan fingerprint density at radius 3 is 2.60 bits per heavy atom. The summed E-state index contributed by atoms with van der Waals surface area (Å²) in [5.74, 6) is 0.0300. The number of hydrogen-bond acceptors (Lipinski definition) is 5. The van der Waals surface area contributed by atoms with Crippen LogP contribution < -0.4 is 14.8 Å². The van der Waals surface area contributed by atoms with E-state index in [1.54, 1.807) is 24.3 Å². The highest BCUT2D eigenvalue weighted by molar-refractivity contribution is 6.02. The van der Waals surface area contributed by atoms with E-state index in [-0.39, 0.29) is 12.0 Å². The number of para-hydroxylation sites is 1. The highest BCUT2D eigenvalue weighted by Gasteiger charge is 2.09. The number of methoxy groups -OCH3 is 1. The Labute approximate surface area is 177 Å². The van der Waals surface area contributed by atoms with Crippen molar-refractivity contribution < 1.29 is 23.8 Å². The number of anilines is 1. The second-order valence-electron chi connectivity index (χ2n) is 6.89. The molecule has 0 heterocycles. The zero-order valence-electron chi connectivity index (χ0n) is 17.9. The summed E-state index contributed by atoms with van der Waals surface area (Å²) in [5.41, 5.74) is 2.34. The van der Waals surface area contributed by atoms with Gasteiger partial charge in [-0.1, -0.05) is 37.6 Å². The maximum Gasteiger partial charge on any atom is 0.308 e. The van der Waals surface area contributed by atoms with Gasteiger partial charge in [-0.3, -0.25) is 9.59 Å². The lowest BCUT2D eigenvalue weighted by molar-refractivity contribution is -0.132. The van der Waals surface area contributed by atoms with Gasteiger partial charge in [0, 0.05) is 24.3 Å². The molecule has 1 atom stereocenters. The van der Waals surface area contributed by atoms with Crippen molar-refractivity contribution in [3.63, 3.8) is 0 Å². The number of carbonyl (C=O) groups is 2. The number of ether oxygens (including phenoxy) is 3. The molecule has 0 spiro atoms. The molecule has 1 N–H and O–H groups in total. The first-order valence-electron chi connectivity index (χ1n) is 9.98. The molecular formula is C24H29NO5. The van der Waals surface area contributed by atoms with E-state index in [0.717, 1.165) is 18.4 Å².